The van der Waals surface area contributed by atoms with E-state index < -0.39 is 12.8 Å². The first-order valence-corrected chi connectivity index (χ1v) is 3.44. The van der Waals surface area contributed by atoms with Gasteiger partial charge in [-0.1, -0.05) is 0 Å². The first-order chi connectivity index (χ1) is 6.11. The molecule has 7 N–H and O–H groups in total. The van der Waals surface area contributed by atoms with Crippen molar-refractivity contribution in [2.45, 2.75) is 6.23 Å². The molecule has 8 heteroatoms. The summed E-state index contributed by atoms with van der Waals surface area (Å²) in [6.07, 6.45) is -1.15. The Labute approximate surface area is 73.6 Å². The zero-order valence-corrected chi connectivity index (χ0v) is 6.68. The van der Waals surface area contributed by atoms with Crippen molar-refractivity contribution in [3.63, 3.8) is 0 Å². The van der Waals surface area contributed by atoms with E-state index >= 15 is 0 Å². The van der Waals surface area contributed by atoms with Crippen LogP contribution in [0.3, 0.4) is 0 Å². The number of hydrogen-bond donors (Lipinski definition) is 5. The van der Waals surface area contributed by atoms with Crippen molar-refractivity contribution in [2.75, 3.05) is 23.4 Å². The Hall–Kier alpha value is -1.67. The highest BCUT2D eigenvalue weighted by Gasteiger charge is 2.05. The SMILES string of the molecule is Nc1nc(N)nc(NC(O)CO)n1. The van der Waals surface area contributed by atoms with Gasteiger partial charge in [0.1, 0.15) is 6.23 Å². The zero-order valence-electron chi connectivity index (χ0n) is 6.68. The second-order valence-corrected chi connectivity index (χ2v) is 2.22. The van der Waals surface area contributed by atoms with Crippen LogP contribution < -0.4 is 16.8 Å². The van der Waals surface area contributed by atoms with E-state index in [0.29, 0.717) is 0 Å². The number of aliphatic hydroxyl groups is 2. The molecule has 8 nitrogen and oxygen atoms in total. The Morgan fingerprint density at radius 2 is 1.77 bits per heavy atom. The van der Waals surface area contributed by atoms with Gasteiger partial charge in [0.25, 0.3) is 0 Å². The van der Waals surface area contributed by atoms with Crippen LogP contribution in [0.25, 0.3) is 0 Å². The van der Waals surface area contributed by atoms with Crippen molar-refractivity contribution in [2.24, 2.45) is 0 Å². The van der Waals surface area contributed by atoms with Crippen LogP contribution >= 0.6 is 0 Å². The van der Waals surface area contributed by atoms with Crippen molar-refractivity contribution >= 4 is 17.8 Å². The molecule has 1 aromatic heterocycles. The van der Waals surface area contributed by atoms with Gasteiger partial charge in [0.2, 0.25) is 17.8 Å². The molecular weight excluding hydrogens is 176 g/mol. The van der Waals surface area contributed by atoms with Gasteiger partial charge < -0.3 is 27.0 Å². The number of rotatable bonds is 3. The predicted molar refractivity (Wildman–Crippen MR) is 45.4 cm³/mol. The van der Waals surface area contributed by atoms with Crippen LogP contribution in [0.15, 0.2) is 0 Å². The molecule has 0 fully saturated rings. The van der Waals surface area contributed by atoms with E-state index in [4.69, 9.17) is 21.7 Å². The quantitative estimate of drug-likeness (QED) is 0.333. The molecule has 13 heavy (non-hydrogen) atoms. The predicted octanol–water partition coefficient (Wildman–Crippen LogP) is -2.24. The van der Waals surface area contributed by atoms with Gasteiger partial charge in [0.05, 0.1) is 6.61 Å². The minimum absolute atomic E-state index is 0.0200. The fraction of sp³-hybridized carbons (Fsp3) is 0.400. The molecule has 0 saturated heterocycles. The number of nitrogens with two attached hydrogens (primary N) is 2. The molecule has 0 aliphatic rings. The van der Waals surface area contributed by atoms with E-state index in [1.54, 1.807) is 0 Å². The molecule has 1 rings (SSSR count). The lowest BCUT2D eigenvalue weighted by molar-refractivity contribution is 0.116. The third-order valence-electron chi connectivity index (χ3n) is 1.14. The second kappa shape index (κ2) is 3.83. The fourth-order valence-corrected chi connectivity index (χ4v) is 0.669. The largest absolute Gasteiger partial charge is 0.392 e. The van der Waals surface area contributed by atoms with E-state index in [1.165, 1.54) is 0 Å². The van der Waals surface area contributed by atoms with Gasteiger partial charge in [-0.15, -0.1) is 0 Å². The van der Waals surface area contributed by atoms with Gasteiger partial charge in [-0.2, -0.15) is 15.0 Å². The monoisotopic (exact) mass is 186 g/mol. The summed E-state index contributed by atoms with van der Waals surface area (Å²) in [5, 5.41) is 19.8. The highest BCUT2D eigenvalue weighted by Crippen LogP contribution is 2.03. The highest BCUT2D eigenvalue weighted by molar-refractivity contribution is 5.37. The summed E-state index contributed by atoms with van der Waals surface area (Å²) in [5.74, 6) is -0.0909. The first kappa shape index (κ1) is 9.42. The summed E-state index contributed by atoms with van der Waals surface area (Å²) in [5.41, 5.74) is 10.5. The Morgan fingerprint density at radius 3 is 2.23 bits per heavy atom. The van der Waals surface area contributed by atoms with Crippen LogP contribution in [0.5, 0.6) is 0 Å². The van der Waals surface area contributed by atoms with Crippen molar-refractivity contribution in [3.8, 4) is 0 Å². The molecular formula is C5H10N6O2. The molecule has 0 bridgehead atoms. The molecule has 1 unspecified atom stereocenters. The van der Waals surface area contributed by atoms with Crippen LogP contribution in [0.1, 0.15) is 0 Å². The third-order valence-corrected chi connectivity index (χ3v) is 1.14. The first-order valence-electron chi connectivity index (χ1n) is 3.44. The van der Waals surface area contributed by atoms with Crippen LogP contribution in [0.4, 0.5) is 17.8 Å². The van der Waals surface area contributed by atoms with Gasteiger partial charge in [-0.3, -0.25) is 0 Å². The van der Waals surface area contributed by atoms with Gasteiger partial charge in [-0.05, 0) is 0 Å². The average molecular weight is 186 g/mol. The molecule has 0 saturated carbocycles. The molecule has 0 radical (unpaired) electrons. The second-order valence-electron chi connectivity index (χ2n) is 2.22. The molecule has 0 aliphatic carbocycles. The Bertz CT molecular complexity index is 272. The number of nitrogens with zero attached hydrogens (tertiary/aromatic N) is 3. The minimum atomic E-state index is -1.15. The minimum Gasteiger partial charge on any atom is -0.392 e. The summed E-state index contributed by atoms with van der Waals surface area (Å²) >= 11 is 0. The van der Waals surface area contributed by atoms with Gasteiger partial charge >= 0.3 is 0 Å². The third kappa shape index (κ3) is 2.69. The van der Waals surface area contributed by atoms with Crippen molar-refractivity contribution in [1.82, 2.24) is 15.0 Å². The lowest BCUT2D eigenvalue weighted by atomic mass is 10.6. The lowest BCUT2D eigenvalue weighted by Gasteiger charge is -2.09. The van der Waals surface area contributed by atoms with Crippen LogP contribution in [0.2, 0.25) is 0 Å². The van der Waals surface area contributed by atoms with Crippen LogP contribution in [-0.4, -0.2) is 38.0 Å². The van der Waals surface area contributed by atoms with Crippen molar-refractivity contribution in [3.05, 3.63) is 0 Å². The van der Waals surface area contributed by atoms with Gasteiger partial charge in [-0.25, -0.2) is 0 Å². The standard InChI is InChI=1S/C5H10N6O2/c6-3-9-4(7)11-5(10-3)8-2(13)1-12/h2,12-13H,1H2,(H5,6,7,8,9,10,11). The van der Waals surface area contributed by atoms with E-state index in [9.17, 15) is 0 Å². The molecule has 1 aromatic rings. The smallest absolute Gasteiger partial charge is 0.231 e. The fourth-order valence-electron chi connectivity index (χ4n) is 0.669. The summed E-state index contributed by atoms with van der Waals surface area (Å²) in [4.78, 5) is 10.7. The van der Waals surface area contributed by atoms with Gasteiger partial charge in [0, 0.05) is 0 Å². The highest BCUT2D eigenvalue weighted by atomic mass is 16.3. The van der Waals surface area contributed by atoms with E-state index in [-0.39, 0.29) is 17.8 Å². The molecule has 1 atom stereocenters. The van der Waals surface area contributed by atoms with E-state index in [1.807, 2.05) is 0 Å². The molecule has 0 amide bonds. The number of hydrogen-bond acceptors (Lipinski definition) is 8. The molecule has 0 aromatic carbocycles. The van der Waals surface area contributed by atoms with Crippen LogP contribution in [-0.2, 0) is 0 Å². The number of anilines is 3. The molecule has 0 aliphatic heterocycles. The Kier molecular flexibility index (Phi) is 2.77. The number of nitrogens with one attached hydrogen (secondary N) is 1. The molecule has 72 valence electrons. The summed E-state index contributed by atoms with van der Waals surface area (Å²) in [7, 11) is 0. The number of aromatic nitrogens is 3. The number of aliphatic hydroxyl groups excluding tert-OH is 2. The maximum absolute atomic E-state index is 8.95. The summed E-state index contributed by atoms with van der Waals surface area (Å²) in [6.45, 7) is -0.467. The lowest BCUT2D eigenvalue weighted by Crippen LogP contribution is -2.24. The topological polar surface area (TPSA) is 143 Å². The Balaban J connectivity index is 2.77. The van der Waals surface area contributed by atoms with Crippen LogP contribution in [0, 0.1) is 0 Å². The van der Waals surface area contributed by atoms with E-state index in [0.717, 1.165) is 0 Å². The van der Waals surface area contributed by atoms with E-state index in [2.05, 4.69) is 20.3 Å². The zero-order chi connectivity index (χ0) is 9.84. The number of nitrogen functional groups attached to an aromatic ring is 2. The molecule has 0 spiro atoms. The molecule has 1 heterocycles. The summed E-state index contributed by atoms with van der Waals surface area (Å²) in [6, 6.07) is 0. The Morgan fingerprint density at radius 1 is 1.23 bits per heavy atom. The van der Waals surface area contributed by atoms with Gasteiger partial charge in [0.15, 0.2) is 0 Å². The summed E-state index contributed by atoms with van der Waals surface area (Å²) < 4.78 is 0. The maximum atomic E-state index is 8.95. The maximum Gasteiger partial charge on any atom is 0.231 e. The van der Waals surface area contributed by atoms with Crippen molar-refractivity contribution < 1.29 is 10.2 Å². The normalized spacial score (nSPS) is 12.5. The van der Waals surface area contributed by atoms with Crippen molar-refractivity contribution in [1.29, 1.82) is 0 Å². The average Bonchev–Trinajstić information content (AvgIpc) is 2.02.